The lowest BCUT2D eigenvalue weighted by Gasteiger charge is -2.13. The van der Waals surface area contributed by atoms with E-state index in [1.165, 1.54) is 10.8 Å². The number of halogens is 1. The molecule has 3 N–H and O–H groups in total. The van der Waals surface area contributed by atoms with E-state index in [-0.39, 0.29) is 5.50 Å². The Labute approximate surface area is 94.0 Å². The first-order valence-electron chi connectivity index (χ1n) is 4.89. The summed E-state index contributed by atoms with van der Waals surface area (Å²) in [5.74, 6) is 0. The average molecular weight is 221 g/mol. The van der Waals surface area contributed by atoms with Crippen molar-refractivity contribution in [3.05, 3.63) is 42.5 Å². The maximum atomic E-state index is 5.96. The van der Waals surface area contributed by atoms with Gasteiger partial charge in [0.25, 0.3) is 0 Å². The zero-order chi connectivity index (χ0) is 10.7. The molecule has 0 fully saturated rings. The molecule has 2 nitrogen and oxygen atoms in total. The standard InChI is InChI=1S/C12H13ClN2/c13-12(8-14)15-11-7-3-5-9-4-1-2-6-10(9)11/h1-7,12,15H,8,14H2. The Kier molecular flexibility index (Phi) is 3.09. The van der Waals surface area contributed by atoms with Crippen molar-refractivity contribution in [1.82, 2.24) is 0 Å². The molecule has 15 heavy (non-hydrogen) atoms. The molecule has 0 bridgehead atoms. The second kappa shape index (κ2) is 4.51. The summed E-state index contributed by atoms with van der Waals surface area (Å²) in [6, 6.07) is 14.3. The van der Waals surface area contributed by atoms with Gasteiger partial charge in [-0.15, -0.1) is 0 Å². The SMILES string of the molecule is NCC(Cl)Nc1cccc2ccccc12. The maximum Gasteiger partial charge on any atom is 0.114 e. The van der Waals surface area contributed by atoms with Gasteiger partial charge in [0.2, 0.25) is 0 Å². The first-order valence-corrected chi connectivity index (χ1v) is 5.33. The zero-order valence-electron chi connectivity index (χ0n) is 8.28. The van der Waals surface area contributed by atoms with Crippen LogP contribution in [-0.4, -0.2) is 12.0 Å². The number of alkyl halides is 1. The van der Waals surface area contributed by atoms with E-state index >= 15 is 0 Å². The van der Waals surface area contributed by atoms with Crippen molar-refractivity contribution in [1.29, 1.82) is 0 Å². The molecule has 0 aliphatic heterocycles. The Bertz CT molecular complexity index is 451. The highest BCUT2D eigenvalue weighted by atomic mass is 35.5. The molecule has 78 valence electrons. The summed E-state index contributed by atoms with van der Waals surface area (Å²) in [4.78, 5) is 0. The van der Waals surface area contributed by atoms with Crippen LogP contribution in [0.2, 0.25) is 0 Å². The fourth-order valence-corrected chi connectivity index (χ4v) is 1.70. The van der Waals surface area contributed by atoms with E-state index in [1.54, 1.807) is 0 Å². The van der Waals surface area contributed by atoms with Crippen molar-refractivity contribution in [3.8, 4) is 0 Å². The van der Waals surface area contributed by atoms with Crippen molar-refractivity contribution in [2.24, 2.45) is 5.73 Å². The van der Waals surface area contributed by atoms with Crippen molar-refractivity contribution >= 4 is 28.1 Å². The summed E-state index contributed by atoms with van der Waals surface area (Å²) in [5, 5.41) is 5.54. The average Bonchev–Trinajstić information content (AvgIpc) is 2.29. The summed E-state index contributed by atoms with van der Waals surface area (Å²) < 4.78 is 0. The van der Waals surface area contributed by atoms with Crippen LogP contribution < -0.4 is 11.1 Å². The normalized spacial score (nSPS) is 12.7. The van der Waals surface area contributed by atoms with Crippen molar-refractivity contribution in [2.45, 2.75) is 5.50 Å². The van der Waals surface area contributed by atoms with Gasteiger partial charge in [-0.2, -0.15) is 0 Å². The molecule has 1 unspecified atom stereocenters. The maximum absolute atomic E-state index is 5.96. The number of hydrogen-bond acceptors (Lipinski definition) is 2. The summed E-state index contributed by atoms with van der Waals surface area (Å²) in [7, 11) is 0. The van der Waals surface area contributed by atoms with Gasteiger partial charge in [0.1, 0.15) is 5.50 Å². The minimum Gasteiger partial charge on any atom is -0.368 e. The number of nitrogens with one attached hydrogen (secondary N) is 1. The van der Waals surface area contributed by atoms with Crippen LogP contribution >= 0.6 is 11.6 Å². The predicted octanol–water partition coefficient (Wildman–Crippen LogP) is 2.78. The van der Waals surface area contributed by atoms with Crippen molar-refractivity contribution < 1.29 is 0 Å². The minimum absolute atomic E-state index is 0.226. The third kappa shape index (κ3) is 2.22. The lowest BCUT2D eigenvalue weighted by Crippen LogP contribution is -2.22. The van der Waals surface area contributed by atoms with Crippen LogP contribution in [0.15, 0.2) is 42.5 Å². The number of hydrogen-bond donors (Lipinski definition) is 2. The van der Waals surface area contributed by atoms with E-state index in [2.05, 4.69) is 23.5 Å². The quantitative estimate of drug-likeness (QED) is 0.617. The van der Waals surface area contributed by atoms with Crippen LogP contribution in [0.3, 0.4) is 0 Å². The van der Waals surface area contributed by atoms with Gasteiger partial charge >= 0.3 is 0 Å². The summed E-state index contributed by atoms with van der Waals surface area (Å²) in [6.45, 7) is 0.408. The Morgan fingerprint density at radius 2 is 1.87 bits per heavy atom. The molecule has 3 heteroatoms. The first kappa shape index (κ1) is 10.3. The van der Waals surface area contributed by atoms with Gasteiger partial charge < -0.3 is 11.1 Å². The molecule has 1 atom stereocenters. The number of benzene rings is 2. The summed E-state index contributed by atoms with van der Waals surface area (Å²) >= 11 is 5.96. The van der Waals surface area contributed by atoms with Crippen LogP contribution in [0.5, 0.6) is 0 Å². The van der Waals surface area contributed by atoms with Crippen LogP contribution in [0.4, 0.5) is 5.69 Å². The molecule has 2 aromatic rings. The highest BCUT2D eigenvalue weighted by Gasteiger charge is 2.03. The third-order valence-electron chi connectivity index (χ3n) is 2.31. The second-order valence-corrected chi connectivity index (χ2v) is 3.90. The largest absolute Gasteiger partial charge is 0.368 e. The van der Waals surface area contributed by atoms with Crippen molar-refractivity contribution in [2.75, 3.05) is 11.9 Å². The highest BCUT2D eigenvalue weighted by Crippen LogP contribution is 2.23. The number of anilines is 1. The molecular formula is C12H13ClN2. The fraction of sp³-hybridized carbons (Fsp3) is 0.167. The van der Waals surface area contributed by atoms with Gasteiger partial charge in [-0.1, -0.05) is 48.0 Å². The monoisotopic (exact) mass is 220 g/mol. The Hall–Kier alpha value is -1.25. The topological polar surface area (TPSA) is 38.0 Å². The molecule has 0 radical (unpaired) electrons. The fourth-order valence-electron chi connectivity index (χ4n) is 1.58. The number of fused-ring (bicyclic) bond motifs is 1. The van der Waals surface area contributed by atoms with E-state index in [1.807, 2.05) is 24.3 Å². The van der Waals surface area contributed by atoms with Crippen LogP contribution in [-0.2, 0) is 0 Å². The van der Waals surface area contributed by atoms with Gasteiger partial charge in [0.05, 0.1) is 0 Å². The molecule has 0 saturated heterocycles. The number of nitrogens with two attached hydrogens (primary N) is 1. The third-order valence-corrected chi connectivity index (χ3v) is 2.60. The zero-order valence-corrected chi connectivity index (χ0v) is 9.04. The molecular weight excluding hydrogens is 208 g/mol. The molecule has 0 aliphatic carbocycles. The lowest BCUT2D eigenvalue weighted by molar-refractivity contribution is 0.955. The first-order chi connectivity index (χ1) is 7.31. The molecule has 0 aliphatic rings. The minimum atomic E-state index is -0.226. The summed E-state index contributed by atoms with van der Waals surface area (Å²) in [5.41, 5.74) is 6.27. The smallest absolute Gasteiger partial charge is 0.114 e. The van der Waals surface area contributed by atoms with Gasteiger partial charge in [-0.25, -0.2) is 0 Å². The predicted molar refractivity (Wildman–Crippen MR) is 66.3 cm³/mol. The molecule has 0 spiro atoms. The second-order valence-electron chi connectivity index (χ2n) is 3.37. The Balaban J connectivity index is 2.42. The molecule has 2 rings (SSSR count). The molecule has 0 heterocycles. The lowest BCUT2D eigenvalue weighted by atomic mass is 10.1. The molecule has 0 aromatic heterocycles. The highest BCUT2D eigenvalue weighted by molar-refractivity contribution is 6.22. The van der Waals surface area contributed by atoms with Gasteiger partial charge in [0, 0.05) is 17.6 Å². The summed E-state index contributed by atoms with van der Waals surface area (Å²) in [6.07, 6.45) is 0. The molecule has 0 saturated carbocycles. The van der Waals surface area contributed by atoms with Crippen LogP contribution in [0.25, 0.3) is 10.8 Å². The van der Waals surface area contributed by atoms with E-state index in [9.17, 15) is 0 Å². The van der Waals surface area contributed by atoms with Gasteiger partial charge in [0.15, 0.2) is 0 Å². The van der Waals surface area contributed by atoms with Crippen molar-refractivity contribution in [3.63, 3.8) is 0 Å². The molecule has 2 aromatic carbocycles. The Morgan fingerprint density at radius 3 is 2.67 bits per heavy atom. The Morgan fingerprint density at radius 1 is 1.13 bits per heavy atom. The van der Waals surface area contributed by atoms with Crippen LogP contribution in [0, 0.1) is 0 Å². The molecule has 0 amide bonds. The van der Waals surface area contributed by atoms with E-state index < -0.39 is 0 Å². The van der Waals surface area contributed by atoms with Gasteiger partial charge in [-0.3, -0.25) is 0 Å². The van der Waals surface area contributed by atoms with E-state index in [4.69, 9.17) is 17.3 Å². The van der Waals surface area contributed by atoms with Gasteiger partial charge in [-0.05, 0) is 11.5 Å². The van der Waals surface area contributed by atoms with E-state index in [0.717, 1.165) is 5.69 Å². The number of rotatable bonds is 3. The van der Waals surface area contributed by atoms with Crippen LogP contribution in [0.1, 0.15) is 0 Å². The van der Waals surface area contributed by atoms with E-state index in [0.29, 0.717) is 6.54 Å².